The van der Waals surface area contributed by atoms with E-state index in [9.17, 15) is 0 Å². The van der Waals surface area contributed by atoms with Gasteiger partial charge < -0.3 is 14.2 Å². The zero-order valence-electron chi connectivity index (χ0n) is 11.2. The Morgan fingerprint density at radius 3 is 2.89 bits per heavy atom. The van der Waals surface area contributed by atoms with E-state index in [1.807, 2.05) is 24.3 Å². The van der Waals surface area contributed by atoms with E-state index in [1.165, 1.54) is 0 Å². The minimum atomic E-state index is 0.292. The highest BCUT2D eigenvalue weighted by atomic mass is 79.9. The molecule has 2 rings (SSSR count). The molecule has 0 spiro atoms. The molecule has 1 aromatic rings. The van der Waals surface area contributed by atoms with Gasteiger partial charge in [-0.25, -0.2) is 0 Å². The van der Waals surface area contributed by atoms with Crippen LogP contribution in [0.1, 0.15) is 0 Å². The van der Waals surface area contributed by atoms with Crippen molar-refractivity contribution in [3.63, 3.8) is 0 Å². The van der Waals surface area contributed by atoms with Gasteiger partial charge in [-0.2, -0.15) is 0 Å². The summed E-state index contributed by atoms with van der Waals surface area (Å²) in [5.74, 6) is 1.58. The Bertz CT molecular complexity index is 389. The molecule has 0 saturated carbocycles. The van der Waals surface area contributed by atoms with Crippen molar-refractivity contribution in [2.75, 3.05) is 45.3 Å². The molecule has 0 bridgehead atoms. The van der Waals surface area contributed by atoms with Gasteiger partial charge in [-0.05, 0) is 12.1 Å². The highest BCUT2D eigenvalue weighted by Crippen LogP contribution is 2.25. The SMILES string of the molecule is COc1ccccc1OCCN1CCOC(CBr)C1. The maximum absolute atomic E-state index is 5.78. The monoisotopic (exact) mass is 329 g/mol. The third-order valence-corrected chi connectivity index (χ3v) is 3.85. The molecule has 106 valence electrons. The topological polar surface area (TPSA) is 30.9 Å². The van der Waals surface area contributed by atoms with Gasteiger partial charge in [0.25, 0.3) is 0 Å². The van der Waals surface area contributed by atoms with Gasteiger partial charge >= 0.3 is 0 Å². The minimum absolute atomic E-state index is 0.292. The van der Waals surface area contributed by atoms with E-state index < -0.39 is 0 Å². The molecule has 0 aromatic heterocycles. The van der Waals surface area contributed by atoms with Crippen molar-refractivity contribution >= 4 is 15.9 Å². The lowest BCUT2D eigenvalue weighted by atomic mass is 10.3. The number of benzene rings is 1. The first-order valence-corrected chi connectivity index (χ1v) is 7.61. The predicted molar refractivity (Wildman–Crippen MR) is 78.5 cm³/mol. The molecule has 0 N–H and O–H groups in total. The van der Waals surface area contributed by atoms with Crippen LogP contribution >= 0.6 is 15.9 Å². The van der Waals surface area contributed by atoms with Crippen LogP contribution in [0, 0.1) is 0 Å². The molecule has 1 fully saturated rings. The fraction of sp³-hybridized carbons (Fsp3) is 0.571. The lowest BCUT2D eigenvalue weighted by molar-refractivity contribution is -0.0184. The number of para-hydroxylation sites is 2. The molecule has 1 aliphatic heterocycles. The quantitative estimate of drug-likeness (QED) is 0.748. The molecule has 0 amide bonds. The Labute approximate surface area is 122 Å². The van der Waals surface area contributed by atoms with E-state index in [0.29, 0.717) is 12.7 Å². The summed E-state index contributed by atoms with van der Waals surface area (Å²) in [6, 6.07) is 7.73. The molecule has 1 aromatic carbocycles. The van der Waals surface area contributed by atoms with E-state index in [4.69, 9.17) is 14.2 Å². The van der Waals surface area contributed by atoms with Crippen LogP contribution in [0.4, 0.5) is 0 Å². The number of halogens is 1. The maximum Gasteiger partial charge on any atom is 0.161 e. The van der Waals surface area contributed by atoms with Crippen LogP contribution in [0.15, 0.2) is 24.3 Å². The van der Waals surface area contributed by atoms with Gasteiger partial charge in [-0.15, -0.1) is 0 Å². The second-order valence-corrected chi connectivity index (χ2v) is 5.09. The summed E-state index contributed by atoms with van der Waals surface area (Å²) >= 11 is 3.46. The Kier molecular flexibility index (Phi) is 5.94. The fourth-order valence-corrected chi connectivity index (χ4v) is 2.49. The Morgan fingerprint density at radius 1 is 1.37 bits per heavy atom. The molecule has 0 aliphatic carbocycles. The molecule has 1 unspecified atom stereocenters. The molecule has 19 heavy (non-hydrogen) atoms. The zero-order valence-corrected chi connectivity index (χ0v) is 12.8. The fourth-order valence-electron chi connectivity index (χ4n) is 2.10. The summed E-state index contributed by atoms with van der Waals surface area (Å²) in [5.41, 5.74) is 0. The molecule has 1 aliphatic rings. The van der Waals surface area contributed by atoms with Gasteiger partial charge in [0.15, 0.2) is 11.5 Å². The zero-order chi connectivity index (χ0) is 13.5. The van der Waals surface area contributed by atoms with Crippen LogP contribution in [0.2, 0.25) is 0 Å². The number of methoxy groups -OCH3 is 1. The van der Waals surface area contributed by atoms with Gasteiger partial charge in [0.2, 0.25) is 0 Å². The number of alkyl halides is 1. The first-order chi connectivity index (χ1) is 9.33. The number of ether oxygens (including phenoxy) is 3. The first-order valence-electron chi connectivity index (χ1n) is 6.49. The van der Waals surface area contributed by atoms with E-state index >= 15 is 0 Å². The second-order valence-electron chi connectivity index (χ2n) is 4.45. The average molecular weight is 330 g/mol. The predicted octanol–water partition coefficient (Wildman–Crippen LogP) is 2.17. The number of morpholine rings is 1. The van der Waals surface area contributed by atoms with Crippen molar-refractivity contribution in [1.29, 1.82) is 0 Å². The van der Waals surface area contributed by atoms with Crippen LogP contribution in [0.25, 0.3) is 0 Å². The first kappa shape index (κ1) is 14.6. The van der Waals surface area contributed by atoms with E-state index in [2.05, 4.69) is 20.8 Å². The van der Waals surface area contributed by atoms with Gasteiger partial charge in [-0.1, -0.05) is 28.1 Å². The Balaban J connectivity index is 1.77. The van der Waals surface area contributed by atoms with Gasteiger partial charge in [0.05, 0.1) is 19.8 Å². The van der Waals surface area contributed by atoms with Crippen LogP contribution in [-0.4, -0.2) is 56.3 Å². The van der Waals surface area contributed by atoms with E-state index in [1.54, 1.807) is 7.11 Å². The largest absolute Gasteiger partial charge is 0.493 e. The third kappa shape index (κ3) is 4.37. The molecule has 0 radical (unpaired) electrons. The van der Waals surface area contributed by atoms with Gasteiger partial charge in [0.1, 0.15) is 6.61 Å². The Hall–Kier alpha value is -0.780. The summed E-state index contributed by atoms with van der Waals surface area (Å²) in [4.78, 5) is 2.37. The smallest absolute Gasteiger partial charge is 0.161 e. The lowest BCUT2D eigenvalue weighted by Crippen LogP contribution is -2.44. The molecule has 4 nitrogen and oxygen atoms in total. The molecule has 1 atom stereocenters. The summed E-state index contributed by atoms with van der Waals surface area (Å²) in [6.07, 6.45) is 0.292. The number of hydrogen-bond donors (Lipinski definition) is 0. The van der Waals surface area contributed by atoms with Gasteiger partial charge in [0, 0.05) is 25.0 Å². The normalized spacial score (nSPS) is 20.2. The average Bonchev–Trinajstić information content (AvgIpc) is 2.48. The number of nitrogens with zero attached hydrogens (tertiary/aromatic N) is 1. The van der Waals surface area contributed by atoms with Crippen molar-refractivity contribution in [2.45, 2.75) is 6.10 Å². The van der Waals surface area contributed by atoms with Crippen LogP contribution in [0.3, 0.4) is 0 Å². The van der Waals surface area contributed by atoms with E-state index in [-0.39, 0.29) is 0 Å². The molecule has 5 heteroatoms. The molecular formula is C14H20BrNO3. The molecule has 1 heterocycles. The highest BCUT2D eigenvalue weighted by Gasteiger charge is 2.19. The summed E-state index contributed by atoms with van der Waals surface area (Å²) in [7, 11) is 1.66. The highest BCUT2D eigenvalue weighted by molar-refractivity contribution is 9.09. The number of hydrogen-bond acceptors (Lipinski definition) is 4. The summed E-state index contributed by atoms with van der Waals surface area (Å²) in [6.45, 7) is 4.30. The van der Waals surface area contributed by atoms with Crippen LogP contribution in [-0.2, 0) is 4.74 Å². The van der Waals surface area contributed by atoms with Crippen molar-refractivity contribution < 1.29 is 14.2 Å². The van der Waals surface area contributed by atoms with Crippen molar-refractivity contribution in [2.24, 2.45) is 0 Å². The van der Waals surface area contributed by atoms with Crippen molar-refractivity contribution in [3.8, 4) is 11.5 Å². The number of rotatable bonds is 6. The van der Waals surface area contributed by atoms with Crippen molar-refractivity contribution in [3.05, 3.63) is 24.3 Å². The summed E-state index contributed by atoms with van der Waals surface area (Å²) < 4.78 is 16.6. The summed E-state index contributed by atoms with van der Waals surface area (Å²) in [5, 5.41) is 0.886. The van der Waals surface area contributed by atoms with Gasteiger partial charge in [-0.3, -0.25) is 4.90 Å². The minimum Gasteiger partial charge on any atom is -0.493 e. The second kappa shape index (κ2) is 7.72. The molecular weight excluding hydrogens is 310 g/mol. The van der Waals surface area contributed by atoms with Crippen molar-refractivity contribution in [1.82, 2.24) is 4.90 Å². The molecule has 1 saturated heterocycles. The maximum atomic E-state index is 5.78. The standard InChI is InChI=1S/C14H20BrNO3/c1-17-13-4-2-3-5-14(13)19-9-7-16-6-8-18-12(10-15)11-16/h2-5,12H,6-11H2,1H3. The Morgan fingerprint density at radius 2 is 2.16 bits per heavy atom. The lowest BCUT2D eigenvalue weighted by Gasteiger charge is -2.31. The van der Waals surface area contributed by atoms with Crippen LogP contribution < -0.4 is 9.47 Å². The third-order valence-electron chi connectivity index (χ3n) is 3.13. The van der Waals surface area contributed by atoms with Crippen LogP contribution in [0.5, 0.6) is 11.5 Å². The van der Waals surface area contributed by atoms with E-state index in [0.717, 1.165) is 43.1 Å².